The van der Waals surface area contributed by atoms with E-state index in [2.05, 4.69) is 22.4 Å². The van der Waals surface area contributed by atoms with Gasteiger partial charge in [0.2, 0.25) is 11.8 Å². The maximum atomic E-state index is 11.4. The van der Waals surface area contributed by atoms with Crippen molar-refractivity contribution < 1.29 is 9.21 Å². The summed E-state index contributed by atoms with van der Waals surface area (Å²) in [6.45, 7) is 3.87. The minimum absolute atomic E-state index is 0.0561. The quantitative estimate of drug-likeness (QED) is 0.787. The second kappa shape index (κ2) is 6.75. The Bertz CT molecular complexity index is 394. The Morgan fingerprint density at radius 1 is 1.50 bits per heavy atom. The molecule has 0 radical (unpaired) electrons. The summed E-state index contributed by atoms with van der Waals surface area (Å²) in [4.78, 5) is 13.4. The first-order valence-corrected chi connectivity index (χ1v) is 6.75. The lowest BCUT2D eigenvalue weighted by atomic mass is 10.2. The molecule has 7 heteroatoms. The monoisotopic (exact) mass is 272 g/mol. The summed E-state index contributed by atoms with van der Waals surface area (Å²) in [6, 6.07) is 0.113. The minimum Gasteiger partial charge on any atom is -0.414 e. The maximum Gasteiger partial charge on any atom is 0.277 e. The van der Waals surface area contributed by atoms with E-state index in [4.69, 9.17) is 4.42 Å². The third kappa shape index (κ3) is 3.71. The first kappa shape index (κ1) is 15.0. The van der Waals surface area contributed by atoms with E-state index in [9.17, 15) is 4.79 Å². The van der Waals surface area contributed by atoms with Crippen molar-refractivity contribution in [1.29, 1.82) is 0 Å². The zero-order chi connectivity index (χ0) is 13.7. The van der Waals surface area contributed by atoms with Gasteiger partial charge in [0.05, 0.1) is 11.3 Å². The summed E-state index contributed by atoms with van der Waals surface area (Å²) in [5, 5.41) is 10.8. The molecule has 0 aliphatic rings. The minimum atomic E-state index is -0.247. The summed E-state index contributed by atoms with van der Waals surface area (Å²) in [5.41, 5.74) is 0. The molecule has 6 nitrogen and oxygen atoms in total. The molecule has 0 aromatic carbocycles. The molecule has 18 heavy (non-hydrogen) atoms. The fourth-order valence-corrected chi connectivity index (χ4v) is 2.32. The zero-order valence-corrected chi connectivity index (χ0v) is 12.2. The van der Waals surface area contributed by atoms with Crippen molar-refractivity contribution in [2.24, 2.45) is 0 Å². The number of carbonyl (C=O) groups excluding carboxylic acids is 1. The van der Waals surface area contributed by atoms with Gasteiger partial charge in [0.1, 0.15) is 0 Å². The van der Waals surface area contributed by atoms with Crippen LogP contribution in [0.4, 0.5) is 0 Å². The highest BCUT2D eigenvalue weighted by molar-refractivity contribution is 8.00. The lowest BCUT2D eigenvalue weighted by Gasteiger charge is -2.18. The van der Waals surface area contributed by atoms with Crippen molar-refractivity contribution in [3.05, 3.63) is 5.89 Å². The maximum absolute atomic E-state index is 11.4. The molecule has 0 aliphatic carbocycles. The smallest absolute Gasteiger partial charge is 0.277 e. The van der Waals surface area contributed by atoms with E-state index in [1.54, 1.807) is 14.0 Å². The molecule has 0 saturated heterocycles. The molecule has 1 amide bonds. The van der Waals surface area contributed by atoms with Gasteiger partial charge in [0.15, 0.2) is 0 Å². The number of hydrogen-bond donors (Lipinski definition) is 1. The van der Waals surface area contributed by atoms with E-state index in [0.717, 1.165) is 6.42 Å². The Morgan fingerprint density at radius 3 is 2.67 bits per heavy atom. The topological polar surface area (TPSA) is 71.3 Å². The van der Waals surface area contributed by atoms with Crippen molar-refractivity contribution in [2.45, 2.75) is 36.8 Å². The van der Waals surface area contributed by atoms with Gasteiger partial charge >= 0.3 is 0 Å². The van der Waals surface area contributed by atoms with Gasteiger partial charge in [0.25, 0.3) is 5.22 Å². The number of rotatable bonds is 6. The second-order valence-corrected chi connectivity index (χ2v) is 5.46. The molecule has 1 rings (SSSR count). The predicted octanol–water partition coefficient (Wildman–Crippen LogP) is 1.31. The number of amides is 1. The number of aromatic nitrogens is 2. The predicted molar refractivity (Wildman–Crippen MR) is 70.4 cm³/mol. The van der Waals surface area contributed by atoms with Gasteiger partial charge < -0.3 is 9.73 Å². The van der Waals surface area contributed by atoms with Crippen LogP contribution >= 0.6 is 11.8 Å². The molecule has 1 N–H and O–H groups in total. The molecule has 0 aliphatic heterocycles. The summed E-state index contributed by atoms with van der Waals surface area (Å²) >= 11 is 1.27. The third-order valence-electron chi connectivity index (χ3n) is 2.61. The molecule has 1 aromatic rings. The highest BCUT2D eigenvalue weighted by Gasteiger charge is 2.21. The van der Waals surface area contributed by atoms with Gasteiger partial charge in [-0.2, -0.15) is 0 Å². The highest BCUT2D eigenvalue weighted by Crippen LogP contribution is 2.26. The molecule has 0 saturated carbocycles. The molecule has 0 unspecified atom stereocenters. The first-order valence-electron chi connectivity index (χ1n) is 5.87. The summed E-state index contributed by atoms with van der Waals surface area (Å²) < 4.78 is 5.58. The Labute approximate surface area is 112 Å². The number of nitrogens with one attached hydrogen (secondary N) is 1. The average molecular weight is 272 g/mol. The second-order valence-electron chi connectivity index (χ2n) is 4.17. The Balaban J connectivity index is 2.71. The summed E-state index contributed by atoms with van der Waals surface area (Å²) in [7, 11) is 5.55. The van der Waals surface area contributed by atoms with Crippen molar-refractivity contribution in [3.63, 3.8) is 0 Å². The number of hydrogen-bond acceptors (Lipinski definition) is 6. The van der Waals surface area contributed by atoms with Crippen LogP contribution in [0.3, 0.4) is 0 Å². The fourth-order valence-electron chi connectivity index (χ4n) is 1.57. The van der Waals surface area contributed by atoms with Gasteiger partial charge in [-0.3, -0.25) is 9.69 Å². The third-order valence-corrected chi connectivity index (χ3v) is 3.54. The van der Waals surface area contributed by atoms with Crippen molar-refractivity contribution in [1.82, 2.24) is 20.4 Å². The van der Waals surface area contributed by atoms with Crippen LogP contribution < -0.4 is 5.32 Å². The van der Waals surface area contributed by atoms with E-state index in [1.165, 1.54) is 11.8 Å². The number of nitrogens with zero attached hydrogens (tertiary/aromatic N) is 3. The van der Waals surface area contributed by atoms with Gasteiger partial charge in [-0.15, -0.1) is 10.2 Å². The fraction of sp³-hybridized carbons (Fsp3) is 0.727. The Morgan fingerprint density at radius 2 is 2.17 bits per heavy atom. The SMILES string of the molecule is CC[C@H](c1nnc(S[C@@H](C)C(=O)NC)o1)N(C)C. The summed E-state index contributed by atoms with van der Waals surface area (Å²) in [5.74, 6) is 0.536. The molecule has 1 heterocycles. The number of carbonyl (C=O) groups is 1. The molecule has 2 atom stereocenters. The van der Waals surface area contributed by atoms with Crippen LogP contribution in [0, 0.1) is 0 Å². The van der Waals surface area contributed by atoms with Crippen LogP contribution in [-0.2, 0) is 4.79 Å². The average Bonchev–Trinajstić information content (AvgIpc) is 2.76. The molecule has 1 aromatic heterocycles. The van der Waals surface area contributed by atoms with Crippen molar-refractivity contribution >= 4 is 17.7 Å². The highest BCUT2D eigenvalue weighted by atomic mass is 32.2. The lowest BCUT2D eigenvalue weighted by Crippen LogP contribution is -2.27. The van der Waals surface area contributed by atoms with E-state index in [0.29, 0.717) is 11.1 Å². The van der Waals surface area contributed by atoms with Crippen molar-refractivity contribution in [2.75, 3.05) is 21.1 Å². The largest absolute Gasteiger partial charge is 0.414 e. The van der Waals surface area contributed by atoms with Crippen LogP contribution in [0.25, 0.3) is 0 Å². The summed E-state index contributed by atoms with van der Waals surface area (Å²) in [6.07, 6.45) is 0.893. The van der Waals surface area contributed by atoms with Crippen LogP contribution in [0.5, 0.6) is 0 Å². The van der Waals surface area contributed by atoms with Gasteiger partial charge in [-0.1, -0.05) is 18.7 Å². The number of thioether (sulfide) groups is 1. The van der Waals surface area contributed by atoms with E-state index in [1.807, 2.05) is 19.0 Å². The van der Waals surface area contributed by atoms with Gasteiger partial charge in [-0.25, -0.2) is 0 Å². The molecule has 0 bridgehead atoms. The standard InChI is InChI=1S/C11H20N4O2S/c1-6-8(15(4)5)10-13-14-11(17-10)18-7(2)9(16)12-3/h7-8H,6H2,1-5H3,(H,12,16)/t7-,8+/m0/s1. The normalized spacial score (nSPS) is 14.6. The lowest BCUT2D eigenvalue weighted by molar-refractivity contribution is -0.119. The molecule has 0 spiro atoms. The van der Waals surface area contributed by atoms with E-state index >= 15 is 0 Å². The Hall–Kier alpha value is -1.08. The van der Waals surface area contributed by atoms with Crippen LogP contribution in [0.15, 0.2) is 9.64 Å². The van der Waals surface area contributed by atoms with Gasteiger partial charge in [0, 0.05) is 7.05 Å². The van der Waals surface area contributed by atoms with E-state index in [-0.39, 0.29) is 17.2 Å². The van der Waals surface area contributed by atoms with Crippen LogP contribution in [-0.4, -0.2) is 47.4 Å². The first-order chi connectivity index (χ1) is 8.49. The zero-order valence-electron chi connectivity index (χ0n) is 11.4. The molecule has 0 fully saturated rings. The molecular formula is C11H20N4O2S. The molecular weight excluding hydrogens is 252 g/mol. The van der Waals surface area contributed by atoms with Crippen molar-refractivity contribution in [3.8, 4) is 0 Å². The Kier molecular flexibility index (Phi) is 5.61. The van der Waals surface area contributed by atoms with Gasteiger partial charge in [-0.05, 0) is 27.4 Å². The molecule has 102 valence electrons. The van der Waals surface area contributed by atoms with Crippen LogP contribution in [0.2, 0.25) is 0 Å². The van der Waals surface area contributed by atoms with E-state index < -0.39 is 0 Å². The van der Waals surface area contributed by atoms with Crippen LogP contribution in [0.1, 0.15) is 32.2 Å².